The molecule has 0 bridgehead atoms. The third kappa shape index (κ3) is 5.03. The predicted octanol–water partition coefficient (Wildman–Crippen LogP) is 5.78. The number of para-hydroxylation sites is 1. The molecule has 0 radical (unpaired) electrons. The smallest absolute Gasteiger partial charge is 0.251 e. The van der Waals surface area contributed by atoms with Crippen LogP contribution in [0.2, 0.25) is 5.02 Å². The Hall–Kier alpha value is -2.55. The number of nitrogens with zero attached hydrogens (tertiary/aromatic N) is 2. The Morgan fingerprint density at radius 1 is 1.16 bits per heavy atom. The Kier molecular flexibility index (Phi) is 6.64. The summed E-state index contributed by atoms with van der Waals surface area (Å²) in [5.41, 5.74) is 0.902. The van der Waals surface area contributed by atoms with Crippen LogP contribution >= 0.6 is 11.6 Å². The molecule has 1 amide bonds. The van der Waals surface area contributed by atoms with Crippen LogP contribution in [0.3, 0.4) is 0 Å². The third-order valence-corrected chi connectivity index (χ3v) is 6.32. The monoisotopic (exact) mass is 439 g/mol. The number of carbonyl (C=O) groups excluding carboxylic acids is 1. The molecule has 0 unspecified atom stereocenters. The molecule has 1 saturated heterocycles. The van der Waals surface area contributed by atoms with E-state index in [1.807, 2.05) is 0 Å². The van der Waals surface area contributed by atoms with Gasteiger partial charge in [0.15, 0.2) is 0 Å². The van der Waals surface area contributed by atoms with Crippen molar-refractivity contribution in [3.05, 3.63) is 58.6 Å². The fourth-order valence-electron chi connectivity index (χ4n) is 5.04. The van der Waals surface area contributed by atoms with E-state index in [1.165, 1.54) is 0 Å². The molecular weight excluding hydrogens is 410 g/mol. The van der Waals surface area contributed by atoms with Crippen LogP contribution in [-0.4, -0.2) is 34.5 Å². The first-order valence-electron chi connectivity index (χ1n) is 10.6. The Bertz CT molecular complexity index is 992. The zero-order valence-electron chi connectivity index (χ0n) is 18.8. The van der Waals surface area contributed by atoms with Gasteiger partial charge in [0.05, 0.1) is 10.6 Å². The van der Waals surface area contributed by atoms with Crippen LogP contribution in [0.5, 0.6) is 11.5 Å². The molecule has 1 heterocycles. The van der Waals surface area contributed by atoms with Crippen molar-refractivity contribution in [2.75, 3.05) is 6.54 Å². The number of piperidine rings is 1. The normalized spacial score (nSPS) is 18.2. The van der Waals surface area contributed by atoms with Gasteiger partial charge < -0.3 is 10.1 Å². The summed E-state index contributed by atoms with van der Waals surface area (Å²) >= 11 is 6.40. The number of likely N-dealkylation sites (tertiary alicyclic amines) is 1. The summed E-state index contributed by atoms with van der Waals surface area (Å²) in [5, 5.41) is 12.7. The average molecular weight is 440 g/mol. The van der Waals surface area contributed by atoms with Crippen molar-refractivity contribution in [3.63, 3.8) is 0 Å². The van der Waals surface area contributed by atoms with Gasteiger partial charge in [-0.1, -0.05) is 30.7 Å². The van der Waals surface area contributed by atoms with E-state index in [0.717, 1.165) is 19.4 Å². The first-order valence-corrected chi connectivity index (χ1v) is 11.0. The van der Waals surface area contributed by atoms with Gasteiger partial charge in [0, 0.05) is 22.7 Å². The lowest BCUT2D eigenvalue weighted by molar-refractivity contribution is -0.0349. The second kappa shape index (κ2) is 8.90. The van der Waals surface area contributed by atoms with E-state index in [2.05, 4.69) is 50.9 Å². The van der Waals surface area contributed by atoms with Gasteiger partial charge in [0.2, 0.25) is 0 Å². The first-order chi connectivity index (χ1) is 14.6. The first kappa shape index (κ1) is 23.1. The summed E-state index contributed by atoms with van der Waals surface area (Å²) in [4.78, 5) is 15.4. The maximum absolute atomic E-state index is 12.9. The molecule has 0 aliphatic carbocycles. The van der Waals surface area contributed by atoms with Gasteiger partial charge in [-0.25, -0.2) is 0 Å². The third-order valence-electron chi connectivity index (χ3n) is 6.03. The van der Waals surface area contributed by atoms with E-state index in [-0.39, 0.29) is 23.0 Å². The summed E-state index contributed by atoms with van der Waals surface area (Å²) in [5.74, 6) is 0.683. The topological polar surface area (TPSA) is 65.4 Å². The van der Waals surface area contributed by atoms with Gasteiger partial charge in [-0.05, 0) is 77.4 Å². The molecule has 2 aromatic rings. The van der Waals surface area contributed by atoms with Crippen LogP contribution in [0.25, 0.3) is 0 Å². The van der Waals surface area contributed by atoms with Crippen LogP contribution in [0.15, 0.2) is 42.5 Å². The van der Waals surface area contributed by atoms with Crippen molar-refractivity contribution in [3.8, 4) is 17.6 Å². The number of ether oxygens (including phenoxy) is 1. The number of nitrogens with one attached hydrogen (secondary N) is 1. The molecule has 0 spiro atoms. The van der Waals surface area contributed by atoms with Crippen molar-refractivity contribution >= 4 is 17.5 Å². The Morgan fingerprint density at radius 2 is 1.81 bits per heavy atom. The molecule has 0 atom stereocenters. The molecular formula is C25H30ClN3O2. The lowest BCUT2D eigenvalue weighted by Gasteiger charge is -2.55. The molecule has 1 aliphatic heterocycles. The standard InChI is InChI=1S/C25H30ClN3O2/c1-6-29-24(2,3)14-19(15-25(29,4)5)28-23(30)17-11-12-22(20(26)13-17)31-21-10-8-7-9-18(21)16-27/h7-13,19H,6,14-15H2,1-5H3,(H,28,30). The molecule has 0 saturated carbocycles. The lowest BCUT2D eigenvalue weighted by Crippen LogP contribution is -2.64. The molecule has 1 aliphatic rings. The number of halogens is 1. The van der Waals surface area contributed by atoms with Gasteiger partial charge >= 0.3 is 0 Å². The van der Waals surface area contributed by atoms with E-state index in [0.29, 0.717) is 27.6 Å². The molecule has 1 fully saturated rings. The van der Waals surface area contributed by atoms with E-state index < -0.39 is 0 Å². The van der Waals surface area contributed by atoms with E-state index in [4.69, 9.17) is 16.3 Å². The van der Waals surface area contributed by atoms with Crippen LogP contribution in [0.4, 0.5) is 0 Å². The summed E-state index contributed by atoms with van der Waals surface area (Å²) in [6.45, 7) is 12.1. The molecule has 0 aromatic heterocycles. The zero-order chi connectivity index (χ0) is 22.8. The average Bonchev–Trinajstić information content (AvgIpc) is 2.68. The summed E-state index contributed by atoms with van der Waals surface area (Å²) in [6, 6.07) is 14.1. The van der Waals surface area contributed by atoms with Gasteiger partial charge in [0.25, 0.3) is 5.91 Å². The van der Waals surface area contributed by atoms with Crippen molar-refractivity contribution in [1.29, 1.82) is 5.26 Å². The maximum atomic E-state index is 12.9. The second-order valence-corrected chi connectivity index (χ2v) is 9.71. The maximum Gasteiger partial charge on any atom is 0.251 e. The van der Waals surface area contributed by atoms with E-state index in [1.54, 1.807) is 42.5 Å². The van der Waals surface area contributed by atoms with Crippen LogP contribution in [0, 0.1) is 11.3 Å². The number of benzene rings is 2. The number of amides is 1. The highest BCUT2D eigenvalue weighted by molar-refractivity contribution is 6.32. The molecule has 1 N–H and O–H groups in total. The van der Waals surface area contributed by atoms with Gasteiger partial charge in [-0.15, -0.1) is 0 Å². The minimum Gasteiger partial charge on any atom is -0.454 e. The zero-order valence-corrected chi connectivity index (χ0v) is 19.6. The van der Waals surface area contributed by atoms with Crippen molar-refractivity contribution in [2.24, 2.45) is 0 Å². The minimum absolute atomic E-state index is 0.00206. The molecule has 3 rings (SSSR count). The number of rotatable bonds is 5. The Morgan fingerprint density at radius 3 is 2.39 bits per heavy atom. The number of nitriles is 1. The molecule has 31 heavy (non-hydrogen) atoms. The summed E-state index contributed by atoms with van der Waals surface area (Å²) in [7, 11) is 0. The number of hydrogen-bond donors (Lipinski definition) is 1. The van der Waals surface area contributed by atoms with Crippen LogP contribution in [0.1, 0.15) is 63.4 Å². The predicted molar refractivity (Wildman–Crippen MR) is 124 cm³/mol. The highest BCUT2D eigenvalue weighted by Crippen LogP contribution is 2.38. The van der Waals surface area contributed by atoms with Gasteiger partial charge in [0.1, 0.15) is 17.6 Å². The van der Waals surface area contributed by atoms with E-state index >= 15 is 0 Å². The van der Waals surface area contributed by atoms with E-state index in [9.17, 15) is 10.1 Å². The fourth-order valence-corrected chi connectivity index (χ4v) is 5.26. The molecule has 5 nitrogen and oxygen atoms in total. The summed E-state index contributed by atoms with van der Waals surface area (Å²) < 4.78 is 5.80. The minimum atomic E-state index is -0.146. The molecule has 164 valence electrons. The molecule has 2 aromatic carbocycles. The fraction of sp³-hybridized carbons (Fsp3) is 0.440. The highest BCUT2D eigenvalue weighted by Gasteiger charge is 2.44. The van der Waals surface area contributed by atoms with Crippen molar-refractivity contribution < 1.29 is 9.53 Å². The van der Waals surface area contributed by atoms with Gasteiger partial charge in [-0.3, -0.25) is 9.69 Å². The van der Waals surface area contributed by atoms with Gasteiger partial charge in [-0.2, -0.15) is 5.26 Å². The largest absolute Gasteiger partial charge is 0.454 e. The molecule has 6 heteroatoms. The number of hydrogen-bond acceptors (Lipinski definition) is 4. The number of carbonyl (C=O) groups is 1. The second-order valence-electron chi connectivity index (χ2n) is 9.30. The lowest BCUT2D eigenvalue weighted by atomic mass is 9.77. The summed E-state index contributed by atoms with van der Waals surface area (Å²) in [6.07, 6.45) is 1.77. The van der Waals surface area contributed by atoms with Crippen LogP contribution in [-0.2, 0) is 0 Å². The Labute approximate surface area is 190 Å². The highest BCUT2D eigenvalue weighted by atomic mass is 35.5. The van der Waals surface area contributed by atoms with Crippen molar-refractivity contribution in [2.45, 2.75) is 64.6 Å². The quantitative estimate of drug-likeness (QED) is 0.641. The van der Waals surface area contributed by atoms with Crippen LogP contribution < -0.4 is 10.1 Å². The van der Waals surface area contributed by atoms with Crippen molar-refractivity contribution in [1.82, 2.24) is 10.2 Å². The SMILES string of the molecule is CCN1C(C)(C)CC(NC(=O)c2ccc(Oc3ccccc3C#N)c(Cl)c2)CC1(C)C. The Balaban J connectivity index is 1.73.